The number of rotatable bonds is 3. The summed E-state index contributed by atoms with van der Waals surface area (Å²) in [5.74, 6) is -0.519. The van der Waals surface area contributed by atoms with Crippen LogP contribution in [0, 0.1) is 0 Å². The average molecular weight is 262 g/mol. The molecule has 0 spiro atoms. The van der Waals surface area contributed by atoms with Crippen molar-refractivity contribution in [1.82, 2.24) is 9.97 Å². The van der Waals surface area contributed by atoms with Gasteiger partial charge in [0.1, 0.15) is 10.3 Å². The molecule has 0 aromatic carbocycles. The second-order valence-electron chi connectivity index (χ2n) is 2.66. The normalized spacial score (nSPS) is 10.7. The molecule has 0 saturated carbocycles. The number of ether oxygens (including phenoxy) is 1. The fourth-order valence-electron chi connectivity index (χ4n) is 0.911. The molecule has 0 aliphatic carbocycles. The molecular weight excluding hydrogens is 253 g/mol. The van der Waals surface area contributed by atoms with Crippen molar-refractivity contribution in [3.05, 3.63) is 21.9 Å². The third-order valence-electron chi connectivity index (χ3n) is 1.54. The highest BCUT2D eigenvalue weighted by Crippen LogP contribution is 2.23. The van der Waals surface area contributed by atoms with Gasteiger partial charge in [0.25, 0.3) is 0 Å². The number of nitrogen functional groups attached to an aromatic ring is 1. The summed E-state index contributed by atoms with van der Waals surface area (Å²) in [5, 5.41) is 0.163. The van der Waals surface area contributed by atoms with Crippen LogP contribution in [0.3, 0.4) is 0 Å². The Morgan fingerprint density at radius 2 is 2.00 bits per heavy atom. The van der Waals surface area contributed by atoms with E-state index in [1.165, 1.54) is 12.2 Å². The summed E-state index contributed by atoms with van der Waals surface area (Å²) in [6, 6.07) is 0. The lowest BCUT2D eigenvalue weighted by Gasteiger charge is -2.01. The number of hydrogen-bond acceptors (Lipinski definition) is 5. The van der Waals surface area contributed by atoms with Gasteiger partial charge in [0, 0.05) is 11.6 Å². The second-order valence-corrected chi connectivity index (χ2v) is 3.38. The number of esters is 1. The molecule has 2 N–H and O–H groups in total. The van der Waals surface area contributed by atoms with Crippen molar-refractivity contribution < 1.29 is 9.53 Å². The van der Waals surface area contributed by atoms with Gasteiger partial charge in [-0.1, -0.05) is 23.2 Å². The summed E-state index contributed by atoms with van der Waals surface area (Å²) in [4.78, 5) is 18.5. The Morgan fingerprint density at radius 3 is 2.50 bits per heavy atom. The zero-order chi connectivity index (χ0) is 12.1. The predicted molar refractivity (Wildman–Crippen MR) is 62.1 cm³/mol. The number of nitrogens with two attached hydrogens (primary N) is 1. The Kier molecular flexibility index (Phi) is 4.52. The van der Waals surface area contributed by atoms with Gasteiger partial charge in [-0.2, -0.15) is 0 Å². The van der Waals surface area contributed by atoms with E-state index in [1.54, 1.807) is 6.92 Å². The van der Waals surface area contributed by atoms with E-state index in [0.717, 1.165) is 0 Å². The maximum absolute atomic E-state index is 11.0. The number of carbonyl (C=O) groups excluding carboxylic acids is 1. The average Bonchev–Trinajstić information content (AvgIpc) is 2.16. The zero-order valence-electron chi connectivity index (χ0n) is 8.41. The third-order valence-corrected chi connectivity index (χ3v) is 2.12. The Bertz CT molecular complexity index is 412. The van der Waals surface area contributed by atoms with Crippen LogP contribution in [0.2, 0.25) is 10.3 Å². The molecule has 0 atom stereocenters. The highest BCUT2D eigenvalue weighted by atomic mass is 35.5. The van der Waals surface area contributed by atoms with Gasteiger partial charge in [-0.05, 0) is 13.0 Å². The van der Waals surface area contributed by atoms with Crippen LogP contribution < -0.4 is 5.73 Å². The monoisotopic (exact) mass is 261 g/mol. The van der Waals surface area contributed by atoms with Crippen LogP contribution in [0.15, 0.2) is 6.08 Å². The van der Waals surface area contributed by atoms with Crippen LogP contribution in [-0.4, -0.2) is 22.5 Å². The topological polar surface area (TPSA) is 78.1 Å². The molecule has 0 aliphatic heterocycles. The smallest absolute Gasteiger partial charge is 0.330 e. The molecule has 0 aliphatic rings. The molecule has 0 fully saturated rings. The predicted octanol–water partition coefficient (Wildman–Crippen LogP) is 1.94. The second kappa shape index (κ2) is 5.67. The molecule has 0 saturated heterocycles. The number of halogens is 2. The molecule has 1 aromatic heterocycles. The molecule has 0 amide bonds. The summed E-state index contributed by atoms with van der Waals surface area (Å²) < 4.78 is 4.69. The minimum absolute atomic E-state index is 0.0247. The SMILES string of the molecule is CCOC(=O)C=Cc1c(Cl)nc(N)nc1Cl. The molecule has 16 heavy (non-hydrogen) atoms. The summed E-state index contributed by atoms with van der Waals surface area (Å²) in [6.07, 6.45) is 2.57. The van der Waals surface area contributed by atoms with Crippen molar-refractivity contribution in [2.45, 2.75) is 6.92 Å². The first-order valence-corrected chi connectivity index (χ1v) is 5.13. The number of carbonyl (C=O) groups is 1. The Morgan fingerprint density at radius 1 is 1.44 bits per heavy atom. The lowest BCUT2D eigenvalue weighted by Crippen LogP contribution is -2.00. The van der Waals surface area contributed by atoms with Crippen LogP contribution in [0.4, 0.5) is 5.95 Å². The Hall–Kier alpha value is -1.33. The van der Waals surface area contributed by atoms with E-state index < -0.39 is 5.97 Å². The summed E-state index contributed by atoms with van der Waals surface area (Å²) in [7, 11) is 0. The minimum atomic E-state index is -0.494. The van der Waals surface area contributed by atoms with Gasteiger partial charge >= 0.3 is 5.97 Å². The Balaban J connectivity index is 2.93. The molecule has 7 heteroatoms. The minimum Gasteiger partial charge on any atom is -0.463 e. The maximum Gasteiger partial charge on any atom is 0.330 e. The molecule has 5 nitrogen and oxygen atoms in total. The van der Waals surface area contributed by atoms with Crippen LogP contribution in [0.1, 0.15) is 12.5 Å². The van der Waals surface area contributed by atoms with Crippen LogP contribution in [0.5, 0.6) is 0 Å². The molecular formula is C9H9Cl2N3O2. The standard InChI is InChI=1S/C9H9Cl2N3O2/c1-2-16-6(15)4-3-5-7(10)13-9(12)14-8(5)11/h3-4H,2H2,1H3,(H2,12,13,14). The Labute approximate surface area is 102 Å². The van der Waals surface area contributed by atoms with Gasteiger partial charge in [-0.25, -0.2) is 14.8 Å². The quantitative estimate of drug-likeness (QED) is 0.511. The maximum atomic E-state index is 11.0. The first-order valence-electron chi connectivity index (χ1n) is 4.38. The van der Waals surface area contributed by atoms with Gasteiger partial charge in [0.2, 0.25) is 5.95 Å². The fourth-order valence-corrected chi connectivity index (χ4v) is 1.44. The fraction of sp³-hybridized carbons (Fsp3) is 0.222. The van der Waals surface area contributed by atoms with E-state index in [9.17, 15) is 4.79 Å². The summed E-state index contributed by atoms with van der Waals surface area (Å²) in [6.45, 7) is 2.00. The van der Waals surface area contributed by atoms with Gasteiger partial charge < -0.3 is 10.5 Å². The highest BCUT2D eigenvalue weighted by molar-refractivity contribution is 6.35. The van der Waals surface area contributed by atoms with Gasteiger partial charge in [0.05, 0.1) is 6.61 Å². The molecule has 0 bridgehead atoms. The van der Waals surface area contributed by atoms with Crippen molar-refractivity contribution in [3.63, 3.8) is 0 Å². The van der Waals surface area contributed by atoms with Crippen molar-refractivity contribution in [1.29, 1.82) is 0 Å². The largest absolute Gasteiger partial charge is 0.463 e. The highest BCUT2D eigenvalue weighted by Gasteiger charge is 2.07. The van der Waals surface area contributed by atoms with Gasteiger partial charge in [-0.15, -0.1) is 0 Å². The van der Waals surface area contributed by atoms with E-state index >= 15 is 0 Å². The molecule has 1 rings (SSSR count). The van der Waals surface area contributed by atoms with Crippen LogP contribution in [-0.2, 0) is 9.53 Å². The molecule has 0 unspecified atom stereocenters. The first kappa shape index (κ1) is 12.7. The van der Waals surface area contributed by atoms with E-state index in [1.807, 2.05) is 0 Å². The van der Waals surface area contributed by atoms with Gasteiger partial charge in [0.15, 0.2) is 0 Å². The third kappa shape index (κ3) is 3.36. The lowest BCUT2D eigenvalue weighted by atomic mass is 10.3. The zero-order valence-corrected chi connectivity index (χ0v) is 9.92. The number of aromatic nitrogens is 2. The van der Waals surface area contributed by atoms with Crippen molar-refractivity contribution in [2.75, 3.05) is 12.3 Å². The number of anilines is 1. The summed E-state index contributed by atoms with van der Waals surface area (Å²) >= 11 is 11.6. The van der Waals surface area contributed by atoms with Crippen LogP contribution in [0.25, 0.3) is 6.08 Å². The van der Waals surface area contributed by atoms with E-state index in [4.69, 9.17) is 28.9 Å². The molecule has 1 aromatic rings. The van der Waals surface area contributed by atoms with Crippen molar-refractivity contribution in [3.8, 4) is 0 Å². The van der Waals surface area contributed by atoms with Gasteiger partial charge in [-0.3, -0.25) is 0 Å². The van der Waals surface area contributed by atoms with E-state index in [0.29, 0.717) is 12.2 Å². The molecule has 86 valence electrons. The first-order chi connectivity index (χ1) is 7.54. The van der Waals surface area contributed by atoms with Crippen LogP contribution >= 0.6 is 23.2 Å². The molecule has 0 radical (unpaired) electrons. The number of nitrogens with zero attached hydrogens (tertiary/aromatic N) is 2. The summed E-state index contributed by atoms with van der Waals surface area (Å²) in [5.41, 5.74) is 5.65. The molecule has 1 heterocycles. The van der Waals surface area contributed by atoms with E-state index in [2.05, 4.69) is 14.7 Å². The van der Waals surface area contributed by atoms with Crippen molar-refractivity contribution >= 4 is 41.2 Å². The van der Waals surface area contributed by atoms with Crippen molar-refractivity contribution in [2.24, 2.45) is 0 Å². The van der Waals surface area contributed by atoms with E-state index in [-0.39, 0.29) is 16.3 Å². The number of hydrogen-bond donors (Lipinski definition) is 1. The lowest BCUT2D eigenvalue weighted by molar-refractivity contribution is -0.137.